The molecule has 1 aliphatic rings. The summed E-state index contributed by atoms with van der Waals surface area (Å²) in [5.74, 6) is 0.0313. The van der Waals surface area contributed by atoms with Gasteiger partial charge >= 0.3 is 0 Å². The Hall–Kier alpha value is -2.35. The Kier molecular flexibility index (Phi) is 2.53. The van der Waals surface area contributed by atoms with Crippen LogP contribution in [-0.2, 0) is 10.2 Å². The molecule has 2 nitrogen and oxygen atoms in total. The van der Waals surface area contributed by atoms with Crippen molar-refractivity contribution in [2.45, 2.75) is 12.3 Å². The highest BCUT2D eigenvalue weighted by atomic mass is 16.1. The predicted molar refractivity (Wildman–Crippen MR) is 77.7 cm³/mol. The van der Waals surface area contributed by atoms with E-state index in [1.54, 1.807) is 12.2 Å². The van der Waals surface area contributed by atoms with Crippen LogP contribution in [0.4, 0.5) is 0 Å². The molecule has 0 saturated heterocycles. The highest BCUT2D eigenvalue weighted by Crippen LogP contribution is 2.37. The van der Waals surface area contributed by atoms with Crippen LogP contribution in [0.5, 0.6) is 0 Å². The maximum absolute atomic E-state index is 12.4. The zero-order valence-electron chi connectivity index (χ0n) is 10.8. The fourth-order valence-corrected chi connectivity index (χ4v) is 2.66. The van der Waals surface area contributed by atoms with Gasteiger partial charge in [-0.3, -0.25) is 4.79 Å². The van der Waals surface area contributed by atoms with E-state index in [-0.39, 0.29) is 5.78 Å². The normalized spacial score (nSPS) is 22.6. The standard InChI is InChI=1S/C17H15NO/c1-17(15(18)10-5-11-16(17)19)14-9-4-7-12-6-2-3-8-13(12)14/h2-11H,18H2,1H3. The van der Waals surface area contributed by atoms with E-state index in [1.807, 2.05) is 55.5 Å². The van der Waals surface area contributed by atoms with Crippen LogP contribution in [0.2, 0.25) is 0 Å². The second kappa shape index (κ2) is 4.09. The van der Waals surface area contributed by atoms with E-state index in [2.05, 4.69) is 0 Å². The predicted octanol–water partition coefficient (Wildman–Crippen LogP) is 3.08. The molecule has 1 unspecified atom stereocenters. The number of ketones is 1. The quantitative estimate of drug-likeness (QED) is 0.844. The third-order valence-electron chi connectivity index (χ3n) is 3.92. The number of rotatable bonds is 1. The van der Waals surface area contributed by atoms with E-state index < -0.39 is 5.41 Å². The first-order valence-corrected chi connectivity index (χ1v) is 6.31. The number of carbonyl (C=O) groups excluding carboxylic acids is 1. The summed E-state index contributed by atoms with van der Waals surface area (Å²) in [6.45, 7) is 1.90. The third kappa shape index (κ3) is 1.60. The minimum Gasteiger partial charge on any atom is -0.401 e. The van der Waals surface area contributed by atoms with Crippen LogP contribution in [-0.4, -0.2) is 5.78 Å². The van der Waals surface area contributed by atoms with Crippen LogP contribution in [0.3, 0.4) is 0 Å². The number of fused-ring (bicyclic) bond motifs is 1. The molecule has 19 heavy (non-hydrogen) atoms. The van der Waals surface area contributed by atoms with Gasteiger partial charge in [-0.05, 0) is 35.4 Å². The van der Waals surface area contributed by atoms with Crippen LogP contribution in [0.25, 0.3) is 10.8 Å². The lowest BCUT2D eigenvalue weighted by Crippen LogP contribution is -2.38. The number of allylic oxidation sites excluding steroid dienone is 4. The van der Waals surface area contributed by atoms with Gasteiger partial charge in [-0.2, -0.15) is 0 Å². The lowest BCUT2D eigenvalue weighted by molar-refractivity contribution is -0.118. The number of hydrogen-bond acceptors (Lipinski definition) is 2. The molecule has 94 valence electrons. The van der Waals surface area contributed by atoms with Crippen molar-refractivity contribution >= 4 is 16.6 Å². The molecular formula is C17H15NO. The van der Waals surface area contributed by atoms with E-state index in [0.717, 1.165) is 16.3 Å². The van der Waals surface area contributed by atoms with Gasteiger partial charge in [0.2, 0.25) is 0 Å². The lowest BCUT2D eigenvalue weighted by atomic mass is 9.72. The lowest BCUT2D eigenvalue weighted by Gasteiger charge is -2.31. The summed E-state index contributed by atoms with van der Waals surface area (Å²) >= 11 is 0. The van der Waals surface area contributed by atoms with E-state index >= 15 is 0 Å². The van der Waals surface area contributed by atoms with Gasteiger partial charge in [-0.25, -0.2) is 0 Å². The molecule has 2 N–H and O–H groups in total. The molecule has 0 saturated carbocycles. The first kappa shape index (κ1) is 11.7. The topological polar surface area (TPSA) is 43.1 Å². The number of carbonyl (C=O) groups is 1. The minimum atomic E-state index is -0.768. The first-order valence-electron chi connectivity index (χ1n) is 6.31. The van der Waals surface area contributed by atoms with E-state index in [1.165, 1.54) is 0 Å². The Labute approximate surface area is 112 Å². The van der Waals surface area contributed by atoms with Crippen molar-refractivity contribution in [2.24, 2.45) is 5.73 Å². The van der Waals surface area contributed by atoms with Gasteiger partial charge in [0.05, 0.1) is 5.41 Å². The van der Waals surface area contributed by atoms with Crippen molar-refractivity contribution in [1.82, 2.24) is 0 Å². The monoisotopic (exact) mass is 249 g/mol. The van der Waals surface area contributed by atoms with Crippen molar-refractivity contribution < 1.29 is 4.79 Å². The van der Waals surface area contributed by atoms with Crippen LogP contribution in [0.1, 0.15) is 12.5 Å². The smallest absolute Gasteiger partial charge is 0.171 e. The van der Waals surface area contributed by atoms with Crippen molar-refractivity contribution in [2.75, 3.05) is 0 Å². The Balaban J connectivity index is 2.33. The Morgan fingerprint density at radius 2 is 1.79 bits per heavy atom. The van der Waals surface area contributed by atoms with Gasteiger partial charge in [0.1, 0.15) is 0 Å². The van der Waals surface area contributed by atoms with Crippen LogP contribution >= 0.6 is 0 Å². The number of nitrogens with two attached hydrogens (primary N) is 1. The summed E-state index contributed by atoms with van der Waals surface area (Å²) in [5, 5.41) is 2.20. The molecule has 0 aliphatic heterocycles. The molecule has 1 aliphatic carbocycles. The molecule has 0 radical (unpaired) electrons. The average molecular weight is 249 g/mol. The van der Waals surface area contributed by atoms with Gasteiger partial charge in [-0.15, -0.1) is 0 Å². The summed E-state index contributed by atoms with van der Waals surface area (Å²) < 4.78 is 0. The molecule has 2 aromatic rings. The van der Waals surface area contributed by atoms with Crippen LogP contribution < -0.4 is 5.73 Å². The summed E-state index contributed by atoms with van der Waals surface area (Å²) in [6.07, 6.45) is 5.12. The number of hydrogen-bond donors (Lipinski definition) is 1. The molecule has 0 fully saturated rings. The van der Waals surface area contributed by atoms with Crippen molar-refractivity contribution in [1.29, 1.82) is 0 Å². The first-order chi connectivity index (χ1) is 9.14. The van der Waals surface area contributed by atoms with E-state index in [9.17, 15) is 4.79 Å². The summed E-state index contributed by atoms with van der Waals surface area (Å²) in [7, 11) is 0. The third-order valence-corrected chi connectivity index (χ3v) is 3.92. The second-order valence-electron chi connectivity index (χ2n) is 5.00. The minimum absolute atomic E-state index is 0.0313. The molecule has 2 aromatic carbocycles. The fourth-order valence-electron chi connectivity index (χ4n) is 2.66. The van der Waals surface area contributed by atoms with Gasteiger partial charge < -0.3 is 5.73 Å². The molecule has 0 heterocycles. The molecule has 0 amide bonds. The summed E-state index contributed by atoms with van der Waals surface area (Å²) in [5.41, 5.74) is 6.91. The highest BCUT2D eigenvalue weighted by molar-refractivity contribution is 6.05. The molecule has 2 heteroatoms. The van der Waals surface area contributed by atoms with E-state index in [4.69, 9.17) is 5.73 Å². The van der Waals surface area contributed by atoms with Gasteiger partial charge in [-0.1, -0.05) is 48.5 Å². The van der Waals surface area contributed by atoms with Crippen molar-refractivity contribution in [3.8, 4) is 0 Å². The summed E-state index contributed by atoms with van der Waals surface area (Å²) in [4.78, 5) is 12.4. The van der Waals surface area contributed by atoms with Crippen LogP contribution in [0, 0.1) is 0 Å². The van der Waals surface area contributed by atoms with Gasteiger partial charge in [0, 0.05) is 5.70 Å². The maximum Gasteiger partial charge on any atom is 0.171 e. The Morgan fingerprint density at radius 3 is 2.58 bits per heavy atom. The van der Waals surface area contributed by atoms with Crippen molar-refractivity contribution in [3.63, 3.8) is 0 Å². The molecule has 3 rings (SSSR count). The molecular weight excluding hydrogens is 234 g/mol. The largest absolute Gasteiger partial charge is 0.401 e. The van der Waals surface area contributed by atoms with Crippen molar-refractivity contribution in [3.05, 3.63) is 72.0 Å². The molecule has 0 spiro atoms. The average Bonchev–Trinajstić information content (AvgIpc) is 2.44. The van der Waals surface area contributed by atoms with Crippen LogP contribution in [0.15, 0.2) is 66.4 Å². The maximum atomic E-state index is 12.4. The zero-order valence-corrected chi connectivity index (χ0v) is 10.8. The highest BCUT2D eigenvalue weighted by Gasteiger charge is 2.38. The Morgan fingerprint density at radius 1 is 1.05 bits per heavy atom. The fraction of sp³-hybridized carbons (Fsp3) is 0.118. The van der Waals surface area contributed by atoms with Gasteiger partial charge in [0.25, 0.3) is 0 Å². The molecule has 0 bridgehead atoms. The van der Waals surface area contributed by atoms with E-state index in [0.29, 0.717) is 5.70 Å². The second-order valence-corrected chi connectivity index (χ2v) is 5.00. The zero-order chi connectivity index (χ0) is 13.5. The summed E-state index contributed by atoms with van der Waals surface area (Å²) in [6, 6.07) is 14.1. The Bertz CT molecular complexity index is 722. The SMILES string of the molecule is CC1(c2cccc3ccccc23)C(=O)C=CC=C1N. The number of benzene rings is 2. The molecule has 1 atom stereocenters. The van der Waals surface area contributed by atoms with Gasteiger partial charge in [0.15, 0.2) is 5.78 Å². The molecule has 0 aromatic heterocycles.